The fourth-order valence-corrected chi connectivity index (χ4v) is 3.35. The van der Waals surface area contributed by atoms with Crippen LogP contribution in [0, 0.1) is 0 Å². The Morgan fingerprint density at radius 3 is 2.69 bits per heavy atom. The molecule has 3 aromatic heterocycles. The summed E-state index contributed by atoms with van der Waals surface area (Å²) in [7, 11) is -3.39. The summed E-state index contributed by atoms with van der Waals surface area (Å²) >= 11 is 0. The normalized spacial score (nSPS) is 11.5. The lowest BCUT2D eigenvalue weighted by Crippen LogP contribution is -1.99. The van der Waals surface area contributed by atoms with E-state index in [-0.39, 0.29) is 4.90 Å². The molecule has 10 heteroatoms. The Kier molecular flexibility index (Phi) is 4.85. The molecule has 0 bridgehead atoms. The molecule has 0 aliphatic carbocycles. The first-order valence-electron chi connectivity index (χ1n) is 8.81. The van der Waals surface area contributed by atoms with Crippen LogP contribution in [0.1, 0.15) is 6.92 Å². The van der Waals surface area contributed by atoms with Crippen LogP contribution in [0.15, 0.2) is 60.0 Å². The second-order valence-electron chi connectivity index (χ2n) is 6.24. The maximum Gasteiger partial charge on any atom is 0.247 e. The summed E-state index contributed by atoms with van der Waals surface area (Å²) in [5, 5.41) is 7.55. The molecule has 0 unspecified atom stereocenters. The van der Waals surface area contributed by atoms with Crippen molar-refractivity contribution in [2.75, 3.05) is 18.2 Å². The predicted octanol–water partition coefficient (Wildman–Crippen LogP) is 2.73. The zero-order valence-corrected chi connectivity index (χ0v) is 16.6. The summed E-state index contributed by atoms with van der Waals surface area (Å²) in [6, 6.07) is 8.98. The van der Waals surface area contributed by atoms with Crippen LogP contribution in [0.3, 0.4) is 0 Å². The molecule has 0 radical (unpaired) electrons. The highest BCUT2D eigenvalue weighted by atomic mass is 32.2. The second kappa shape index (κ2) is 7.47. The standard InChI is InChI=1S/C19H18N6O3S/c1-3-28-15-6-4-14(5-7-15)22-19-23-18-17(21-8-9-25(18)24-19)13-10-16(12-20-11-13)29(2,26)27/h4-12H,3H2,1-2H3,(H,22,24). The number of rotatable bonds is 6. The van der Waals surface area contributed by atoms with Crippen LogP contribution in [0.5, 0.6) is 5.75 Å². The number of aromatic nitrogens is 5. The van der Waals surface area contributed by atoms with E-state index >= 15 is 0 Å². The van der Waals surface area contributed by atoms with Crippen molar-refractivity contribution in [2.45, 2.75) is 11.8 Å². The molecule has 0 spiro atoms. The summed E-state index contributed by atoms with van der Waals surface area (Å²) in [4.78, 5) is 13.0. The van der Waals surface area contributed by atoms with Gasteiger partial charge in [0.05, 0.1) is 11.5 Å². The Morgan fingerprint density at radius 1 is 1.17 bits per heavy atom. The highest BCUT2D eigenvalue weighted by Crippen LogP contribution is 2.24. The van der Waals surface area contributed by atoms with Crippen molar-refractivity contribution in [3.63, 3.8) is 0 Å². The minimum Gasteiger partial charge on any atom is -0.494 e. The van der Waals surface area contributed by atoms with Gasteiger partial charge < -0.3 is 10.1 Å². The summed E-state index contributed by atoms with van der Waals surface area (Å²) in [6.45, 7) is 2.53. The average Bonchev–Trinajstić information content (AvgIpc) is 3.11. The quantitative estimate of drug-likeness (QED) is 0.516. The van der Waals surface area contributed by atoms with Crippen molar-refractivity contribution in [3.05, 3.63) is 55.1 Å². The summed E-state index contributed by atoms with van der Waals surface area (Å²) < 4.78 is 30.7. The summed E-state index contributed by atoms with van der Waals surface area (Å²) in [6.07, 6.45) is 7.23. The monoisotopic (exact) mass is 410 g/mol. The Bertz CT molecular complexity index is 1270. The lowest BCUT2D eigenvalue weighted by Gasteiger charge is -2.04. The zero-order chi connectivity index (χ0) is 20.4. The molecule has 0 fully saturated rings. The van der Waals surface area contributed by atoms with Crippen molar-refractivity contribution in [1.29, 1.82) is 0 Å². The van der Waals surface area contributed by atoms with E-state index in [0.29, 0.717) is 29.5 Å². The molecular weight excluding hydrogens is 392 g/mol. The minimum absolute atomic E-state index is 0.117. The van der Waals surface area contributed by atoms with Gasteiger partial charge in [0.15, 0.2) is 15.5 Å². The molecule has 29 heavy (non-hydrogen) atoms. The van der Waals surface area contributed by atoms with E-state index in [1.165, 1.54) is 12.3 Å². The van der Waals surface area contributed by atoms with Gasteiger partial charge in [0.25, 0.3) is 0 Å². The maximum atomic E-state index is 11.8. The molecular formula is C19H18N6O3S. The fourth-order valence-electron chi connectivity index (χ4n) is 2.76. The maximum absolute atomic E-state index is 11.8. The van der Waals surface area contributed by atoms with E-state index in [1.807, 2.05) is 31.2 Å². The fraction of sp³-hybridized carbons (Fsp3) is 0.158. The molecule has 9 nitrogen and oxygen atoms in total. The molecule has 0 amide bonds. The van der Waals surface area contributed by atoms with Crippen molar-refractivity contribution in [2.24, 2.45) is 0 Å². The Morgan fingerprint density at radius 2 is 1.97 bits per heavy atom. The summed E-state index contributed by atoms with van der Waals surface area (Å²) in [5.41, 5.74) is 2.31. The largest absolute Gasteiger partial charge is 0.494 e. The Labute approximate surface area is 167 Å². The zero-order valence-electron chi connectivity index (χ0n) is 15.8. The number of fused-ring (bicyclic) bond motifs is 1. The predicted molar refractivity (Wildman–Crippen MR) is 108 cm³/mol. The highest BCUT2D eigenvalue weighted by molar-refractivity contribution is 7.90. The van der Waals surface area contributed by atoms with E-state index in [2.05, 4.69) is 25.4 Å². The minimum atomic E-state index is -3.39. The number of nitrogens with one attached hydrogen (secondary N) is 1. The smallest absolute Gasteiger partial charge is 0.247 e. The van der Waals surface area contributed by atoms with Crippen molar-refractivity contribution >= 4 is 27.1 Å². The van der Waals surface area contributed by atoms with Crippen LogP contribution in [0.4, 0.5) is 11.6 Å². The third kappa shape index (κ3) is 4.02. The van der Waals surface area contributed by atoms with Gasteiger partial charge >= 0.3 is 0 Å². The van der Waals surface area contributed by atoms with Crippen molar-refractivity contribution < 1.29 is 13.2 Å². The van der Waals surface area contributed by atoms with Gasteiger partial charge in [0, 0.05) is 42.3 Å². The van der Waals surface area contributed by atoms with Crippen LogP contribution < -0.4 is 10.1 Å². The molecule has 3 heterocycles. The van der Waals surface area contributed by atoms with E-state index < -0.39 is 9.84 Å². The molecule has 1 aromatic carbocycles. The van der Waals surface area contributed by atoms with Crippen LogP contribution in [0.2, 0.25) is 0 Å². The lowest BCUT2D eigenvalue weighted by molar-refractivity contribution is 0.340. The van der Waals surface area contributed by atoms with Gasteiger partial charge in [0.1, 0.15) is 11.4 Å². The molecule has 0 aliphatic heterocycles. The number of ether oxygens (including phenoxy) is 1. The molecule has 0 atom stereocenters. The van der Waals surface area contributed by atoms with Gasteiger partial charge in [-0.3, -0.25) is 9.97 Å². The Hall–Kier alpha value is -3.53. The highest BCUT2D eigenvalue weighted by Gasteiger charge is 2.15. The Balaban J connectivity index is 1.69. The topological polar surface area (TPSA) is 111 Å². The van der Waals surface area contributed by atoms with E-state index in [1.54, 1.807) is 23.1 Å². The molecule has 0 saturated heterocycles. The number of pyridine rings is 1. The first kappa shape index (κ1) is 18.8. The van der Waals surface area contributed by atoms with Gasteiger partial charge in [-0.2, -0.15) is 4.98 Å². The molecule has 0 saturated carbocycles. The van der Waals surface area contributed by atoms with Gasteiger partial charge in [0.2, 0.25) is 5.95 Å². The molecule has 4 rings (SSSR count). The number of hydrogen-bond donors (Lipinski definition) is 1. The molecule has 0 aliphatic rings. The van der Waals surface area contributed by atoms with E-state index in [0.717, 1.165) is 17.7 Å². The third-order valence-corrected chi connectivity index (χ3v) is 5.17. The van der Waals surface area contributed by atoms with Gasteiger partial charge in [-0.05, 0) is 37.3 Å². The molecule has 4 aromatic rings. The molecule has 148 valence electrons. The first-order valence-corrected chi connectivity index (χ1v) is 10.7. The van der Waals surface area contributed by atoms with E-state index in [4.69, 9.17) is 4.74 Å². The second-order valence-corrected chi connectivity index (χ2v) is 8.26. The van der Waals surface area contributed by atoms with Crippen LogP contribution in [-0.2, 0) is 9.84 Å². The van der Waals surface area contributed by atoms with Gasteiger partial charge in [-0.15, -0.1) is 5.10 Å². The lowest BCUT2D eigenvalue weighted by atomic mass is 10.2. The van der Waals surface area contributed by atoms with Gasteiger partial charge in [-0.25, -0.2) is 12.9 Å². The van der Waals surface area contributed by atoms with Crippen molar-refractivity contribution in [3.8, 4) is 17.0 Å². The SMILES string of the molecule is CCOc1ccc(Nc2nc3c(-c4cncc(S(C)(=O)=O)c4)nccn3n2)cc1. The average molecular weight is 410 g/mol. The van der Waals surface area contributed by atoms with Crippen LogP contribution in [0.25, 0.3) is 16.9 Å². The van der Waals surface area contributed by atoms with Crippen LogP contribution in [-0.4, -0.2) is 45.8 Å². The number of benzene rings is 1. The van der Waals surface area contributed by atoms with Gasteiger partial charge in [-0.1, -0.05) is 0 Å². The number of sulfone groups is 1. The van der Waals surface area contributed by atoms with Crippen LogP contribution >= 0.6 is 0 Å². The number of anilines is 2. The molecule has 1 N–H and O–H groups in total. The third-order valence-electron chi connectivity index (χ3n) is 4.09. The summed E-state index contributed by atoms with van der Waals surface area (Å²) in [5.74, 6) is 1.17. The van der Waals surface area contributed by atoms with E-state index in [9.17, 15) is 8.42 Å². The number of hydrogen-bond acceptors (Lipinski definition) is 8. The van der Waals surface area contributed by atoms with Crippen molar-refractivity contribution in [1.82, 2.24) is 24.6 Å². The number of nitrogens with zero attached hydrogens (tertiary/aromatic N) is 5. The first-order chi connectivity index (χ1) is 13.9.